The third-order valence-corrected chi connectivity index (χ3v) is 12.6. The standard InChI is InChI=1S/C55H36O/c1-55(2)49-29-24-37(32-48(49)45-26-28-47-44(53(45)55)25-27-46-39-14-10-11-19-50(39)56-54(46)47)35-20-21-36-31-38(23-22-34(36)30-35)52-42-17-8-6-15-40(42)51(33-12-4-3-5-13-33)41-16-7-9-18-43(41)52/h3-32H,1-2H3. The lowest BCUT2D eigenvalue weighted by molar-refractivity contribution is 0.665. The van der Waals surface area contributed by atoms with Gasteiger partial charge in [-0.1, -0.05) is 159 Å². The molecule has 0 atom stereocenters. The molecule has 1 aliphatic carbocycles. The first kappa shape index (κ1) is 31.4. The van der Waals surface area contributed by atoms with E-state index in [1.54, 1.807) is 0 Å². The van der Waals surface area contributed by atoms with E-state index in [2.05, 4.69) is 190 Å². The van der Waals surface area contributed by atoms with Crippen molar-refractivity contribution in [2.24, 2.45) is 0 Å². The van der Waals surface area contributed by atoms with Crippen LogP contribution in [0.4, 0.5) is 0 Å². The normalized spacial score (nSPS) is 13.3. The molecule has 0 N–H and O–H groups in total. The summed E-state index contributed by atoms with van der Waals surface area (Å²) in [6, 6.07) is 67.1. The lowest BCUT2D eigenvalue weighted by Crippen LogP contribution is -2.15. The predicted octanol–water partition coefficient (Wildman–Crippen LogP) is 15.5. The van der Waals surface area contributed by atoms with Crippen molar-refractivity contribution in [2.45, 2.75) is 19.3 Å². The maximum atomic E-state index is 6.47. The highest BCUT2D eigenvalue weighted by atomic mass is 16.3. The summed E-state index contributed by atoms with van der Waals surface area (Å²) in [5, 5.41) is 12.4. The Hall–Kier alpha value is -6.96. The van der Waals surface area contributed by atoms with Gasteiger partial charge in [-0.15, -0.1) is 0 Å². The lowest BCUT2D eigenvalue weighted by Gasteiger charge is -2.23. The first-order valence-electron chi connectivity index (χ1n) is 19.6. The molecular formula is C55H36O. The van der Waals surface area contributed by atoms with E-state index in [4.69, 9.17) is 4.42 Å². The Bertz CT molecular complexity index is 3380. The minimum absolute atomic E-state index is 0.143. The fourth-order valence-electron chi connectivity index (χ4n) is 10.0. The Morgan fingerprint density at radius 3 is 1.59 bits per heavy atom. The number of hydrogen-bond donors (Lipinski definition) is 0. The third-order valence-electron chi connectivity index (χ3n) is 12.6. The Balaban J connectivity index is 0.970. The first-order chi connectivity index (χ1) is 27.5. The molecule has 1 aromatic heterocycles. The highest BCUT2D eigenvalue weighted by molar-refractivity contribution is 6.22. The van der Waals surface area contributed by atoms with E-state index in [1.807, 2.05) is 6.07 Å². The minimum atomic E-state index is -0.143. The maximum absolute atomic E-state index is 6.47. The van der Waals surface area contributed by atoms with Gasteiger partial charge in [-0.25, -0.2) is 0 Å². The van der Waals surface area contributed by atoms with E-state index in [1.165, 1.54) is 109 Å². The van der Waals surface area contributed by atoms with Crippen LogP contribution >= 0.6 is 0 Å². The zero-order chi connectivity index (χ0) is 37.1. The van der Waals surface area contributed by atoms with Crippen LogP contribution in [0.25, 0.3) is 110 Å². The Morgan fingerprint density at radius 2 is 0.875 bits per heavy atom. The number of benzene rings is 10. The second-order valence-corrected chi connectivity index (χ2v) is 16.0. The van der Waals surface area contributed by atoms with E-state index in [0.717, 1.165) is 11.2 Å². The minimum Gasteiger partial charge on any atom is -0.455 e. The second kappa shape index (κ2) is 11.5. The van der Waals surface area contributed by atoms with Gasteiger partial charge < -0.3 is 4.42 Å². The summed E-state index contributed by atoms with van der Waals surface area (Å²) in [6.45, 7) is 4.74. The molecule has 0 amide bonds. The van der Waals surface area contributed by atoms with Gasteiger partial charge in [0.05, 0.1) is 0 Å². The van der Waals surface area contributed by atoms with Crippen molar-refractivity contribution in [3.63, 3.8) is 0 Å². The van der Waals surface area contributed by atoms with E-state index in [0.29, 0.717) is 0 Å². The van der Waals surface area contributed by atoms with Crippen molar-refractivity contribution in [1.29, 1.82) is 0 Å². The van der Waals surface area contributed by atoms with E-state index >= 15 is 0 Å². The van der Waals surface area contributed by atoms with Gasteiger partial charge in [-0.05, 0) is 130 Å². The van der Waals surface area contributed by atoms with Crippen molar-refractivity contribution in [3.05, 3.63) is 193 Å². The average molecular weight is 713 g/mol. The summed E-state index contributed by atoms with van der Waals surface area (Å²) < 4.78 is 6.47. The van der Waals surface area contributed by atoms with Crippen LogP contribution in [0.1, 0.15) is 25.0 Å². The molecule has 1 heteroatoms. The van der Waals surface area contributed by atoms with Gasteiger partial charge in [0.25, 0.3) is 0 Å². The summed E-state index contributed by atoms with van der Waals surface area (Å²) in [5.74, 6) is 0. The molecule has 262 valence electrons. The molecule has 11 aromatic rings. The van der Waals surface area contributed by atoms with Crippen LogP contribution < -0.4 is 0 Å². The Labute approximate surface area is 325 Å². The predicted molar refractivity (Wildman–Crippen MR) is 238 cm³/mol. The molecule has 1 nitrogen and oxygen atoms in total. The fourth-order valence-corrected chi connectivity index (χ4v) is 10.0. The molecule has 1 heterocycles. The zero-order valence-electron chi connectivity index (χ0n) is 31.2. The van der Waals surface area contributed by atoms with Crippen LogP contribution in [0.15, 0.2) is 186 Å². The van der Waals surface area contributed by atoms with Gasteiger partial charge in [0.15, 0.2) is 0 Å². The van der Waals surface area contributed by atoms with E-state index in [9.17, 15) is 0 Å². The number of hydrogen-bond acceptors (Lipinski definition) is 1. The van der Waals surface area contributed by atoms with Gasteiger partial charge in [0, 0.05) is 21.6 Å². The van der Waals surface area contributed by atoms with Crippen molar-refractivity contribution >= 4 is 65.0 Å². The summed E-state index contributed by atoms with van der Waals surface area (Å²) in [7, 11) is 0. The van der Waals surface area contributed by atoms with Gasteiger partial charge in [-0.3, -0.25) is 0 Å². The zero-order valence-corrected chi connectivity index (χ0v) is 31.2. The van der Waals surface area contributed by atoms with Gasteiger partial charge in [0.2, 0.25) is 0 Å². The van der Waals surface area contributed by atoms with Crippen molar-refractivity contribution in [2.75, 3.05) is 0 Å². The number of para-hydroxylation sites is 1. The lowest BCUT2D eigenvalue weighted by atomic mass is 9.80. The van der Waals surface area contributed by atoms with Crippen molar-refractivity contribution in [1.82, 2.24) is 0 Å². The molecule has 0 unspecified atom stereocenters. The molecule has 56 heavy (non-hydrogen) atoms. The largest absolute Gasteiger partial charge is 0.455 e. The van der Waals surface area contributed by atoms with E-state index in [-0.39, 0.29) is 5.41 Å². The fraction of sp³-hybridized carbons (Fsp3) is 0.0545. The highest BCUT2D eigenvalue weighted by Gasteiger charge is 2.37. The number of fused-ring (bicyclic) bond motifs is 12. The van der Waals surface area contributed by atoms with Gasteiger partial charge in [0.1, 0.15) is 11.2 Å². The molecule has 0 aliphatic heterocycles. The highest BCUT2D eigenvalue weighted by Crippen LogP contribution is 2.53. The average Bonchev–Trinajstić information content (AvgIpc) is 3.74. The Morgan fingerprint density at radius 1 is 0.357 bits per heavy atom. The summed E-state index contributed by atoms with van der Waals surface area (Å²) in [5.41, 5.74) is 14.7. The number of furan rings is 1. The molecule has 0 fully saturated rings. The van der Waals surface area contributed by atoms with E-state index < -0.39 is 0 Å². The molecule has 12 rings (SSSR count). The molecule has 10 aromatic carbocycles. The molecule has 0 saturated carbocycles. The van der Waals surface area contributed by atoms with Crippen molar-refractivity contribution in [3.8, 4) is 44.5 Å². The quantitative estimate of drug-likeness (QED) is 0.166. The molecule has 0 bridgehead atoms. The third kappa shape index (κ3) is 4.37. The van der Waals surface area contributed by atoms with Crippen LogP contribution in [0.5, 0.6) is 0 Å². The first-order valence-corrected chi connectivity index (χ1v) is 19.6. The van der Waals surface area contributed by atoms with Gasteiger partial charge in [-0.2, -0.15) is 0 Å². The molecule has 0 saturated heterocycles. The van der Waals surface area contributed by atoms with Crippen molar-refractivity contribution < 1.29 is 4.42 Å². The number of rotatable bonds is 3. The van der Waals surface area contributed by atoms with Crippen LogP contribution in [-0.2, 0) is 5.41 Å². The summed E-state index contributed by atoms with van der Waals surface area (Å²) in [4.78, 5) is 0. The Kier molecular flexibility index (Phi) is 6.46. The molecular weight excluding hydrogens is 677 g/mol. The SMILES string of the molecule is CC1(C)c2ccc(-c3ccc4cc(-c5c6ccccc6c(-c6ccccc6)c6ccccc56)ccc4c3)cc2-c2ccc3c(ccc4c5ccccc5oc34)c21. The summed E-state index contributed by atoms with van der Waals surface area (Å²) >= 11 is 0. The molecule has 0 spiro atoms. The molecule has 1 aliphatic rings. The van der Waals surface area contributed by atoms with Crippen LogP contribution in [0.2, 0.25) is 0 Å². The second-order valence-electron chi connectivity index (χ2n) is 16.0. The monoisotopic (exact) mass is 712 g/mol. The van der Waals surface area contributed by atoms with Gasteiger partial charge >= 0.3 is 0 Å². The smallest absolute Gasteiger partial charge is 0.143 e. The van der Waals surface area contributed by atoms with Crippen LogP contribution in [0.3, 0.4) is 0 Å². The van der Waals surface area contributed by atoms with Crippen LogP contribution in [0, 0.1) is 0 Å². The van der Waals surface area contributed by atoms with Crippen LogP contribution in [-0.4, -0.2) is 0 Å². The summed E-state index contributed by atoms with van der Waals surface area (Å²) in [6.07, 6.45) is 0. The maximum Gasteiger partial charge on any atom is 0.143 e. The topological polar surface area (TPSA) is 13.1 Å². The molecule has 0 radical (unpaired) electrons.